The van der Waals surface area contributed by atoms with E-state index in [4.69, 9.17) is 9.15 Å². The fourth-order valence-corrected chi connectivity index (χ4v) is 5.51. The van der Waals surface area contributed by atoms with Crippen LogP contribution in [0.3, 0.4) is 0 Å². The summed E-state index contributed by atoms with van der Waals surface area (Å²) in [6, 6.07) is 0. The first-order valence-corrected chi connectivity index (χ1v) is 10.8. The normalized spacial score (nSPS) is 31.8. The number of carbonyl (C=O) groups excluding carboxylic acids is 2. The highest BCUT2D eigenvalue weighted by molar-refractivity contribution is 5.95. The van der Waals surface area contributed by atoms with Gasteiger partial charge in [-0.2, -0.15) is 0 Å². The second kappa shape index (κ2) is 9.34. The standard InChI is InChI=1S/C21H24O4.C2H6O.C2H6/c1-12-5-6-15-13(2)16(7-8-20(12,15)3)21(4)11-25-19(23)14-10-24-17(9-22)18(14)21;1-3-2;1-2/h7,9-10,13,15H,1,5-6,8,11H2,2-4H3;1-2H3;1-2H3. The molecule has 0 N–H and O–H groups in total. The highest BCUT2D eigenvalue weighted by Gasteiger charge is 2.52. The lowest BCUT2D eigenvalue weighted by Crippen LogP contribution is -2.44. The number of hydrogen-bond donors (Lipinski definition) is 0. The van der Waals surface area contributed by atoms with Gasteiger partial charge in [0, 0.05) is 19.8 Å². The van der Waals surface area contributed by atoms with E-state index in [1.54, 1.807) is 14.2 Å². The van der Waals surface area contributed by atoms with Crippen LogP contribution in [-0.4, -0.2) is 33.1 Å². The third-order valence-electron chi connectivity index (χ3n) is 7.05. The van der Waals surface area contributed by atoms with Crippen LogP contribution in [0, 0.1) is 17.3 Å². The third kappa shape index (κ3) is 3.68. The lowest BCUT2D eigenvalue weighted by atomic mass is 9.58. The van der Waals surface area contributed by atoms with E-state index in [2.05, 4.69) is 38.2 Å². The number of esters is 1. The Balaban J connectivity index is 0.000000590. The zero-order chi connectivity index (χ0) is 22.7. The molecule has 0 saturated heterocycles. The molecule has 0 aromatic carbocycles. The minimum Gasteiger partial charge on any atom is -0.461 e. The van der Waals surface area contributed by atoms with E-state index in [1.165, 1.54) is 17.4 Å². The van der Waals surface area contributed by atoms with Crippen molar-refractivity contribution in [1.29, 1.82) is 0 Å². The van der Waals surface area contributed by atoms with Crippen molar-refractivity contribution in [2.45, 2.75) is 59.3 Å². The molecule has 1 fully saturated rings. The molecule has 2 aliphatic carbocycles. The molecule has 3 aliphatic rings. The fraction of sp³-hybridized carbons (Fsp3) is 0.600. The van der Waals surface area contributed by atoms with Gasteiger partial charge in [0.2, 0.25) is 0 Å². The number of hydrogen-bond acceptors (Lipinski definition) is 5. The molecule has 0 bridgehead atoms. The second-order valence-electron chi connectivity index (χ2n) is 8.64. The van der Waals surface area contributed by atoms with Gasteiger partial charge in [0.25, 0.3) is 0 Å². The van der Waals surface area contributed by atoms with Crippen LogP contribution in [0.5, 0.6) is 0 Å². The van der Waals surface area contributed by atoms with Gasteiger partial charge in [-0.05, 0) is 43.4 Å². The number of cyclic esters (lactones) is 1. The Morgan fingerprint density at radius 3 is 2.50 bits per heavy atom. The van der Waals surface area contributed by atoms with Crippen LogP contribution in [-0.2, 0) is 14.9 Å². The Hall–Kier alpha value is -2.14. The predicted octanol–water partition coefficient (Wildman–Crippen LogP) is 5.75. The summed E-state index contributed by atoms with van der Waals surface area (Å²) >= 11 is 0. The van der Waals surface area contributed by atoms with E-state index >= 15 is 0 Å². The van der Waals surface area contributed by atoms with Gasteiger partial charge in [0.05, 0.1) is 5.41 Å². The Kier molecular flexibility index (Phi) is 7.51. The lowest BCUT2D eigenvalue weighted by molar-refractivity contribution is 0.0367. The molecule has 30 heavy (non-hydrogen) atoms. The predicted molar refractivity (Wildman–Crippen MR) is 118 cm³/mol. The van der Waals surface area contributed by atoms with Gasteiger partial charge in [-0.15, -0.1) is 0 Å². The molecule has 1 aliphatic heterocycles. The maximum atomic E-state index is 12.1. The van der Waals surface area contributed by atoms with E-state index in [0.717, 1.165) is 19.3 Å². The molecule has 5 heteroatoms. The number of rotatable bonds is 2. The van der Waals surface area contributed by atoms with Crippen LogP contribution in [0.2, 0.25) is 0 Å². The fourth-order valence-electron chi connectivity index (χ4n) is 5.51. The number of furan rings is 1. The first-order valence-electron chi connectivity index (χ1n) is 10.8. The van der Waals surface area contributed by atoms with Crippen LogP contribution in [0.25, 0.3) is 0 Å². The van der Waals surface area contributed by atoms with Crippen LogP contribution in [0.15, 0.2) is 34.5 Å². The maximum Gasteiger partial charge on any atom is 0.341 e. The number of allylic oxidation sites excluding steroid dienone is 2. The molecule has 0 amide bonds. The van der Waals surface area contributed by atoms with Crippen LogP contribution in [0.4, 0.5) is 0 Å². The van der Waals surface area contributed by atoms with Crippen molar-refractivity contribution in [2.75, 3.05) is 20.8 Å². The summed E-state index contributed by atoms with van der Waals surface area (Å²) in [6.07, 6.45) is 7.52. The smallest absolute Gasteiger partial charge is 0.341 e. The Morgan fingerprint density at radius 2 is 1.90 bits per heavy atom. The van der Waals surface area contributed by atoms with Crippen molar-refractivity contribution in [3.63, 3.8) is 0 Å². The first kappa shape index (κ1) is 24.1. The van der Waals surface area contributed by atoms with Crippen LogP contribution < -0.4 is 0 Å². The summed E-state index contributed by atoms with van der Waals surface area (Å²) in [5.41, 5.74) is 3.31. The highest BCUT2D eigenvalue weighted by Crippen LogP contribution is 2.59. The number of methoxy groups -OCH3 is 1. The molecule has 0 spiro atoms. The molecule has 166 valence electrons. The lowest BCUT2D eigenvalue weighted by Gasteiger charge is -2.47. The zero-order valence-corrected chi connectivity index (χ0v) is 19.5. The van der Waals surface area contributed by atoms with Crippen molar-refractivity contribution in [3.05, 3.63) is 47.0 Å². The molecular weight excluding hydrogens is 380 g/mol. The highest BCUT2D eigenvalue weighted by atomic mass is 16.5. The van der Waals surface area contributed by atoms with Gasteiger partial charge in [-0.3, -0.25) is 4.79 Å². The van der Waals surface area contributed by atoms with Crippen LogP contribution in [0.1, 0.15) is 80.4 Å². The Bertz CT molecular complexity index is 833. The van der Waals surface area contributed by atoms with E-state index in [0.29, 0.717) is 29.2 Å². The summed E-state index contributed by atoms with van der Waals surface area (Å²) in [5.74, 6) is 0.699. The molecule has 2 heterocycles. The number of fused-ring (bicyclic) bond motifs is 2. The molecule has 1 aromatic rings. The molecule has 5 nitrogen and oxygen atoms in total. The van der Waals surface area contributed by atoms with Gasteiger partial charge in [0.15, 0.2) is 12.0 Å². The van der Waals surface area contributed by atoms with Gasteiger partial charge in [0.1, 0.15) is 18.4 Å². The minimum absolute atomic E-state index is 0.150. The minimum atomic E-state index is -0.517. The molecule has 1 saturated carbocycles. The SMILES string of the molecule is C=C1CCC2C(C)C(C3(C)COC(=O)c4coc(C=O)c43)=CCC12C.CC.COC. The largest absolute Gasteiger partial charge is 0.461 e. The molecule has 4 unspecified atom stereocenters. The molecule has 4 atom stereocenters. The number of ether oxygens (including phenoxy) is 2. The van der Waals surface area contributed by atoms with Crippen molar-refractivity contribution >= 4 is 12.3 Å². The van der Waals surface area contributed by atoms with E-state index in [1.807, 2.05) is 13.8 Å². The summed E-state index contributed by atoms with van der Waals surface area (Å²) in [6.45, 7) is 15.2. The van der Waals surface area contributed by atoms with Crippen molar-refractivity contribution < 1.29 is 23.5 Å². The summed E-state index contributed by atoms with van der Waals surface area (Å²) in [7, 11) is 3.25. The van der Waals surface area contributed by atoms with E-state index < -0.39 is 11.4 Å². The Morgan fingerprint density at radius 1 is 1.27 bits per heavy atom. The van der Waals surface area contributed by atoms with Gasteiger partial charge in [-0.1, -0.05) is 51.5 Å². The van der Waals surface area contributed by atoms with Crippen molar-refractivity contribution in [2.24, 2.45) is 17.3 Å². The average molecular weight is 417 g/mol. The van der Waals surface area contributed by atoms with Crippen molar-refractivity contribution in [3.8, 4) is 0 Å². The summed E-state index contributed by atoms with van der Waals surface area (Å²) in [4.78, 5) is 23.6. The number of aldehydes is 1. The molecule has 1 aromatic heterocycles. The van der Waals surface area contributed by atoms with Gasteiger partial charge < -0.3 is 13.9 Å². The average Bonchev–Trinajstić information content (AvgIpc) is 3.30. The summed E-state index contributed by atoms with van der Waals surface area (Å²) < 4.78 is 15.1. The topological polar surface area (TPSA) is 65.7 Å². The number of carbonyl (C=O) groups is 2. The van der Waals surface area contributed by atoms with Crippen LogP contribution >= 0.6 is 0 Å². The molecule has 0 radical (unpaired) electrons. The van der Waals surface area contributed by atoms with E-state index in [-0.39, 0.29) is 17.8 Å². The molecule has 4 rings (SSSR count). The quantitative estimate of drug-likeness (QED) is 0.349. The second-order valence-corrected chi connectivity index (χ2v) is 8.64. The van der Waals surface area contributed by atoms with Gasteiger partial charge in [-0.25, -0.2) is 4.79 Å². The van der Waals surface area contributed by atoms with E-state index in [9.17, 15) is 9.59 Å². The Labute approximate surface area is 180 Å². The maximum absolute atomic E-state index is 12.1. The van der Waals surface area contributed by atoms with Crippen molar-refractivity contribution in [1.82, 2.24) is 0 Å². The molecular formula is C25H36O5. The monoisotopic (exact) mass is 416 g/mol. The van der Waals surface area contributed by atoms with Gasteiger partial charge >= 0.3 is 5.97 Å². The first-order chi connectivity index (χ1) is 14.2. The zero-order valence-electron chi connectivity index (χ0n) is 19.5. The third-order valence-corrected chi connectivity index (χ3v) is 7.05. The summed E-state index contributed by atoms with van der Waals surface area (Å²) in [5, 5.41) is 0.